The number of anilines is 1. The summed E-state index contributed by atoms with van der Waals surface area (Å²) in [6, 6.07) is 11.2. The normalized spacial score (nSPS) is 14.4. The lowest BCUT2D eigenvalue weighted by Gasteiger charge is -2.13. The number of hydrogen-bond acceptors (Lipinski definition) is 4. The average molecular weight is 423 g/mol. The van der Waals surface area contributed by atoms with E-state index in [9.17, 15) is 22.8 Å². The number of imide groups is 1. The molecule has 0 atom stereocenters. The molecule has 0 fully saturated rings. The lowest BCUT2D eigenvalue weighted by molar-refractivity contribution is -0.274. The number of carbonyl (C=O) groups is 2. The van der Waals surface area contributed by atoms with Crippen LogP contribution in [0.15, 0.2) is 66.9 Å². The van der Waals surface area contributed by atoms with Crippen molar-refractivity contribution >= 4 is 34.7 Å². The molecule has 1 aliphatic rings. The van der Waals surface area contributed by atoms with E-state index in [1.54, 1.807) is 24.3 Å². The van der Waals surface area contributed by atoms with Crippen molar-refractivity contribution in [3.05, 3.63) is 77.5 Å². The molecule has 2 aromatic rings. The van der Waals surface area contributed by atoms with Crippen molar-refractivity contribution in [1.29, 1.82) is 0 Å². The average Bonchev–Trinajstić information content (AvgIpc) is 2.88. The highest BCUT2D eigenvalue weighted by molar-refractivity contribution is 6.37. The Bertz CT molecular complexity index is 984. The smallest absolute Gasteiger partial charge is 0.406 e. The SMILES string of the molecule is C=CCN1C(=O)C(Nc2ccc(OC(F)(F)F)cc2)=C(c2ccc(Cl)cc2)C1=O. The summed E-state index contributed by atoms with van der Waals surface area (Å²) in [6.45, 7) is 3.55. The Morgan fingerprint density at radius 2 is 1.66 bits per heavy atom. The van der Waals surface area contributed by atoms with Crippen LogP contribution in [0.1, 0.15) is 5.56 Å². The molecule has 0 bridgehead atoms. The molecule has 0 aromatic heterocycles. The predicted octanol–water partition coefficient (Wildman–Crippen LogP) is 4.62. The highest BCUT2D eigenvalue weighted by atomic mass is 35.5. The topological polar surface area (TPSA) is 58.6 Å². The van der Waals surface area contributed by atoms with E-state index in [0.29, 0.717) is 16.3 Å². The summed E-state index contributed by atoms with van der Waals surface area (Å²) in [5.74, 6) is -1.50. The first-order valence-corrected chi connectivity index (χ1v) is 8.67. The molecule has 0 radical (unpaired) electrons. The van der Waals surface area contributed by atoms with Crippen LogP contribution in [0.25, 0.3) is 5.57 Å². The highest BCUT2D eigenvalue weighted by Crippen LogP contribution is 2.32. The third-order valence-corrected chi connectivity index (χ3v) is 4.22. The zero-order valence-corrected chi connectivity index (χ0v) is 15.6. The fourth-order valence-electron chi connectivity index (χ4n) is 2.76. The molecule has 9 heteroatoms. The van der Waals surface area contributed by atoms with Gasteiger partial charge in [0.05, 0.1) is 5.57 Å². The third kappa shape index (κ3) is 4.60. The van der Waals surface area contributed by atoms with Crippen molar-refractivity contribution in [3.63, 3.8) is 0 Å². The third-order valence-electron chi connectivity index (χ3n) is 3.97. The molecule has 0 saturated heterocycles. The minimum atomic E-state index is -4.81. The number of nitrogens with one attached hydrogen (secondary N) is 1. The van der Waals surface area contributed by atoms with Crippen molar-refractivity contribution in [1.82, 2.24) is 4.90 Å². The first kappa shape index (κ1) is 20.5. The molecule has 2 amide bonds. The van der Waals surface area contributed by atoms with Gasteiger partial charge in [-0.05, 0) is 42.0 Å². The van der Waals surface area contributed by atoms with Crippen LogP contribution in [0.5, 0.6) is 5.75 Å². The molecule has 5 nitrogen and oxygen atoms in total. The van der Waals surface area contributed by atoms with Crippen LogP contribution in [0.4, 0.5) is 18.9 Å². The molecule has 1 aliphatic heterocycles. The van der Waals surface area contributed by atoms with Crippen molar-refractivity contribution < 1.29 is 27.5 Å². The largest absolute Gasteiger partial charge is 0.573 e. The molecule has 1 heterocycles. The van der Waals surface area contributed by atoms with Gasteiger partial charge in [0, 0.05) is 17.3 Å². The maximum atomic E-state index is 12.8. The summed E-state index contributed by atoms with van der Waals surface area (Å²) < 4.78 is 40.7. The zero-order chi connectivity index (χ0) is 21.2. The molecule has 0 aliphatic carbocycles. The van der Waals surface area contributed by atoms with Crippen molar-refractivity contribution in [3.8, 4) is 5.75 Å². The Morgan fingerprint density at radius 1 is 1.03 bits per heavy atom. The standard InChI is InChI=1S/C20H14ClF3N2O3/c1-2-11-26-18(27)16(12-3-5-13(21)6-4-12)17(19(26)28)25-14-7-9-15(10-8-14)29-20(22,23)24/h2-10,25H,1,11H2. The Morgan fingerprint density at radius 3 is 2.21 bits per heavy atom. The summed E-state index contributed by atoms with van der Waals surface area (Å²) in [5, 5.41) is 3.29. The van der Waals surface area contributed by atoms with E-state index in [4.69, 9.17) is 11.6 Å². The number of rotatable bonds is 6. The van der Waals surface area contributed by atoms with Gasteiger partial charge >= 0.3 is 6.36 Å². The minimum Gasteiger partial charge on any atom is -0.406 e. The maximum Gasteiger partial charge on any atom is 0.573 e. The Balaban J connectivity index is 1.96. The summed E-state index contributed by atoms with van der Waals surface area (Å²) in [7, 11) is 0. The van der Waals surface area contributed by atoms with Crippen LogP contribution in [-0.4, -0.2) is 29.6 Å². The predicted molar refractivity (Wildman–Crippen MR) is 102 cm³/mol. The maximum absolute atomic E-state index is 12.8. The summed E-state index contributed by atoms with van der Waals surface area (Å²) in [5.41, 5.74) is 0.911. The number of benzene rings is 2. The van der Waals surface area contributed by atoms with Gasteiger partial charge in [-0.3, -0.25) is 14.5 Å². The summed E-state index contributed by atoms with van der Waals surface area (Å²) >= 11 is 5.89. The molecule has 0 unspecified atom stereocenters. The Hall–Kier alpha value is -3.26. The van der Waals surface area contributed by atoms with Crippen molar-refractivity contribution in [2.45, 2.75) is 6.36 Å². The van der Waals surface area contributed by atoms with Gasteiger partial charge in [-0.1, -0.05) is 29.8 Å². The minimum absolute atomic E-state index is 0.00339. The first-order valence-electron chi connectivity index (χ1n) is 8.30. The monoisotopic (exact) mass is 422 g/mol. The quantitative estimate of drug-likeness (QED) is 0.545. The summed E-state index contributed by atoms with van der Waals surface area (Å²) in [6.07, 6.45) is -3.39. The van der Waals surface area contributed by atoms with Crippen molar-refractivity contribution in [2.24, 2.45) is 0 Å². The van der Waals surface area contributed by atoms with Crippen LogP contribution in [0.3, 0.4) is 0 Å². The van der Waals surface area contributed by atoms with Crippen LogP contribution in [0.2, 0.25) is 5.02 Å². The van der Waals surface area contributed by atoms with Gasteiger partial charge in [0.25, 0.3) is 11.8 Å². The lowest BCUT2D eigenvalue weighted by atomic mass is 10.0. The van der Waals surface area contributed by atoms with E-state index in [1.807, 2.05) is 0 Å². The molecule has 2 aromatic carbocycles. The number of halogens is 4. The fraction of sp³-hybridized carbons (Fsp3) is 0.100. The van der Waals surface area contributed by atoms with E-state index in [-0.39, 0.29) is 17.8 Å². The number of amides is 2. The second-order valence-corrected chi connectivity index (χ2v) is 6.40. The summed E-state index contributed by atoms with van der Waals surface area (Å²) in [4.78, 5) is 26.6. The molecule has 0 saturated carbocycles. The highest BCUT2D eigenvalue weighted by Gasteiger charge is 2.38. The van der Waals surface area contributed by atoms with E-state index < -0.39 is 23.9 Å². The van der Waals surface area contributed by atoms with Crippen LogP contribution >= 0.6 is 11.6 Å². The van der Waals surface area contributed by atoms with E-state index in [1.165, 1.54) is 18.2 Å². The second kappa shape index (κ2) is 8.00. The van der Waals surface area contributed by atoms with Gasteiger partial charge in [0.2, 0.25) is 0 Å². The Labute approximate surface area is 169 Å². The van der Waals surface area contributed by atoms with E-state index in [0.717, 1.165) is 17.0 Å². The van der Waals surface area contributed by atoms with Crippen LogP contribution in [-0.2, 0) is 9.59 Å². The lowest BCUT2D eigenvalue weighted by Crippen LogP contribution is -2.32. The van der Waals surface area contributed by atoms with Gasteiger partial charge in [-0.25, -0.2) is 0 Å². The molecular formula is C20H14ClF3N2O3. The number of nitrogens with zero attached hydrogens (tertiary/aromatic N) is 1. The molecule has 150 valence electrons. The van der Waals surface area contributed by atoms with E-state index in [2.05, 4.69) is 16.6 Å². The van der Waals surface area contributed by atoms with Crippen LogP contribution in [0, 0.1) is 0 Å². The zero-order valence-electron chi connectivity index (χ0n) is 14.8. The van der Waals surface area contributed by atoms with Crippen molar-refractivity contribution in [2.75, 3.05) is 11.9 Å². The fourth-order valence-corrected chi connectivity index (χ4v) is 2.88. The number of hydrogen-bond donors (Lipinski definition) is 1. The molecular weight excluding hydrogens is 409 g/mol. The van der Waals surface area contributed by atoms with Gasteiger partial charge in [-0.15, -0.1) is 19.8 Å². The molecule has 3 rings (SSSR count). The number of ether oxygens (including phenoxy) is 1. The van der Waals surface area contributed by atoms with Gasteiger partial charge < -0.3 is 10.1 Å². The Kier molecular flexibility index (Phi) is 5.65. The second-order valence-electron chi connectivity index (χ2n) is 5.96. The van der Waals surface area contributed by atoms with E-state index >= 15 is 0 Å². The van der Waals surface area contributed by atoms with Gasteiger partial charge in [0.15, 0.2) is 0 Å². The molecule has 0 spiro atoms. The molecule has 29 heavy (non-hydrogen) atoms. The van der Waals surface area contributed by atoms with Crippen LogP contribution < -0.4 is 10.1 Å². The van der Waals surface area contributed by atoms with Gasteiger partial charge in [-0.2, -0.15) is 0 Å². The number of carbonyl (C=O) groups excluding carboxylic acids is 2. The number of alkyl halides is 3. The van der Waals surface area contributed by atoms with Gasteiger partial charge in [0.1, 0.15) is 11.4 Å². The molecule has 1 N–H and O–H groups in total. The first-order chi connectivity index (χ1) is 13.7.